The molecule has 7 heteroatoms. The van der Waals surface area contributed by atoms with Gasteiger partial charge in [0.25, 0.3) is 0 Å². The molecule has 0 spiro atoms. The second-order valence-corrected chi connectivity index (χ2v) is 7.89. The van der Waals surface area contributed by atoms with Gasteiger partial charge >= 0.3 is 0 Å². The molecule has 1 aromatic rings. The van der Waals surface area contributed by atoms with Crippen molar-refractivity contribution in [3.8, 4) is 0 Å². The number of nitrogens with two attached hydrogens (primary N) is 1. The van der Waals surface area contributed by atoms with E-state index in [4.69, 9.17) is 18.0 Å². The molecule has 0 fully saturated rings. The standard InChI is InChI=1S/C13H20N2O2S3/c1-10(8-19-2)7-15-20(16,17)9-11-3-5-12(6-4-11)13(14)18/h3-6,10,15H,7-9H2,1-2H3,(H2,14,18). The minimum Gasteiger partial charge on any atom is -0.389 e. The van der Waals surface area contributed by atoms with E-state index in [1.54, 1.807) is 36.0 Å². The third kappa shape index (κ3) is 6.21. The van der Waals surface area contributed by atoms with Crippen LogP contribution in [0.1, 0.15) is 18.1 Å². The van der Waals surface area contributed by atoms with Gasteiger partial charge in [-0.25, -0.2) is 13.1 Å². The molecular formula is C13H20N2O2S3. The van der Waals surface area contributed by atoms with Gasteiger partial charge in [0.05, 0.1) is 5.75 Å². The third-order valence-corrected chi connectivity index (χ3v) is 5.16. The van der Waals surface area contributed by atoms with Gasteiger partial charge in [-0.3, -0.25) is 0 Å². The molecule has 20 heavy (non-hydrogen) atoms. The van der Waals surface area contributed by atoms with Crippen LogP contribution in [-0.2, 0) is 15.8 Å². The third-order valence-electron chi connectivity index (χ3n) is 2.70. The number of hydrogen-bond donors (Lipinski definition) is 2. The molecule has 1 unspecified atom stereocenters. The number of hydrogen-bond acceptors (Lipinski definition) is 4. The molecule has 1 atom stereocenters. The monoisotopic (exact) mass is 332 g/mol. The van der Waals surface area contributed by atoms with E-state index in [0.717, 1.165) is 16.9 Å². The van der Waals surface area contributed by atoms with Crippen LogP contribution < -0.4 is 10.5 Å². The summed E-state index contributed by atoms with van der Waals surface area (Å²) >= 11 is 6.56. The second-order valence-electron chi connectivity index (χ2n) is 4.73. The lowest BCUT2D eigenvalue weighted by molar-refractivity contribution is 0.562. The number of nitrogens with one attached hydrogen (secondary N) is 1. The van der Waals surface area contributed by atoms with E-state index in [-0.39, 0.29) is 5.75 Å². The molecule has 1 rings (SSSR count). The maximum absolute atomic E-state index is 12.0. The minimum absolute atomic E-state index is 0.0311. The molecule has 3 N–H and O–H groups in total. The number of benzene rings is 1. The number of thiocarbonyl (C=S) groups is 1. The first kappa shape index (κ1) is 17.4. The Kier molecular flexibility index (Phi) is 6.94. The van der Waals surface area contributed by atoms with Gasteiger partial charge in [-0.15, -0.1) is 0 Å². The van der Waals surface area contributed by atoms with E-state index in [9.17, 15) is 8.42 Å². The van der Waals surface area contributed by atoms with Crippen molar-refractivity contribution in [3.05, 3.63) is 35.4 Å². The molecule has 0 aliphatic rings. The highest BCUT2D eigenvalue weighted by atomic mass is 32.2. The van der Waals surface area contributed by atoms with Gasteiger partial charge in [0.1, 0.15) is 4.99 Å². The van der Waals surface area contributed by atoms with Crippen LogP contribution in [0.25, 0.3) is 0 Å². The molecule has 4 nitrogen and oxygen atoms in total. The molecule has 1 aromatic carbocycles. The molecule has 0 saturated carbocycles. The Hall–Kier alpha value is -0.630. The fourth-order valence-electron chi connectivity index (χ4n) is 1.65. The van der Waals surface area contributed by atoms with Crippen molar-refractivity contribution in [1.29, 1.82) is 0 Å². The fourth-order valence-corrected chi connectivity index (χ4v) is 3.74. The van der Waals surface area contributed by atoms with Crippen molar-refractivity contribution in [2.75, 3.05) is 18.6 Å². The average molecular weight is 333 g/mol. The zero-order valence-electron chi connectivity index (χ0n) is 11.6. The predicted molar refractivity (Wildman–Crippen MR) is 90.5 cm³/mol. The maximum atomic E-state index is 12.0. The van der Waals surface area contributed by atoms with Crippen LogP contribution in [0.2, 0.25) is 0 Å². The molecule has 0 radical (unpaired) electrons. The molecule has 0 aliphatic heterocycles. The Labute approximate surface area is 130 Å². The predicted octanol–water partition coefficient (Wildman–Crippen LogP) is 1.74. The molecule has 0 bridgehead atoms. The Morgan fingerprint density at radius 2 is 2.00 bits per heavy atom. The minimum atomic E-state index is -3.30. The molecule has 112 valence electrons. The SMILES string of the molecule is CSCC(C)CNS(=O)(=O)Cc1ccc(C(N)=S)cc1. The average Bonchev–Trinajstić information content (AvgIpc) is 2.37. The summed E-state index contributed by atoms with van der Waals surface area (Å²) in [6, 6.07) is 6.95. The van der Waals surface area contributed by atoms with Crippen molar-refractivity contribution in [2.45, 2.75) is 12.7 Å². The largest absolute Gasteiger partial charge is 0.389 e. The van der Waals surface area contributed by atoms with Crippen LogP contribution in [0, 0.1) is 5.92 Å². The van der Waals surface area contributed by atoms with Gasteiger partial charge in [0.2, 0.25) is 10.0 Å². The normalized spacial score (nSPS) is 13.1. The zero-order valence-corrected chi connectivity index (χ0v) is 14.1. The lowest BCUT2D eigenvalue weighted by Gasteiger charge is -2.12. The van der Waals surface area contributed by atoms with Crippen molar-refractivity contribution in [1.82, 2.24) is 4.72 Å². The van der Waals surface area contributed by atoms with Gasteiger partial charge in [0, 0.05) is 12.1 Å². The van der Waals surface area contributed by atoms with E-state index in [2.05, 4.69) is 4.72 Å². The summed E-state index contributed by atoms with van der Waals surface area (Å²) in [5, 5.41) is 0. The number of thioether (sulfide) groups is 1. The lowest BCUT2D eigenvalue weighted by atomic mass is 10.1. The van der Waals surface area contributed by atoms with Crippen LogP contribution in [0.15, 0.2) is 24.3 Å². The smallest absolute Gasteiger partial charge is 0.215 e. The molecule has 0 aliphatic carbocycles. The van der Waals surface area contributed by atoms with Crippen LogP contribution in [0.3, 0.4) is 0 Å². The Bertz CT molecular complexity index is 541. The zero-order chi connectivity index (χ0) is 15.2. The number of sulfonamides is 1. The summed E-state index contributed by atoms with van der Waals surface area (Å²) in [4.78, 5) is 0.309. The van der Waals surface area contributed by atoms with E-state index in [1.807, 2.05) is 13.2 Å². The van der Waals surface area contributed by atoms with Crippen LogP contribution in [-0.4, -0.2) is 32.0 Å². The Balaban J connectivity index is 2.59. The van der Waals surface area contributed by atoms with Crippen LogP contribution in [0.5, 0.6) is 0 Å². The summed E-state index contributed by atoms with van der Waals surface area (Å²) < 4.78 is 26.6. The summed E-state index contributed by atoms with van der Waals surface area (Å²) in [5.41, 5.74) is 6.96. The Morgan fingerprint density at radius 3 is 2.50 bits per heavy atom. The summed E-state index contributed by atoms with van der Waals surface area (Å²) in [6.07, 6.45) is 2.01. The van der Waals surface area contributed by atoms with Gasteiger partial charge in [-0.05, 0) is 23.5 Å². The Morgan fingerprint density at radius 1 is 1.40 bits per heavy atom. The lowest BCUT2D eigenvalue weighted by Crippen LogP contribution is -2.30. The summed E-state index contributed by atoms with van der Waals surface area (Å²) in [7, 11) is -3.30. The summed E-state index contributed by atoms with van der Waals surface area (Å²) in [6.45, 7) is 2.49. The quantitative estimate of drug-likeness (QED) is 0.710. The number of rotatable bonds is 8. The van der Waals surface area contributed by atoms with E-state index < -0.39 is 10.0 Å². The first-order valence-corrected chi connectivity index (χ1v) is 9.64. The maximum Gasteiger partial charge on any atom is 0.215 e. The van der Waals surface area contributed by atoms with Crippen molar-refractivity contribution < 1.29 is 8.42 Å². The second kappa shape index (κ2) is 7.97. The van der Waals surface area contributed by atoms with Gasteiger partial charge in [0.15, 0.2) is 0 Å². The van der Waals surface area contributed by atoms with Crippen molar-refractivity contribution in [2.24, 2.45) is 11.7 Å². The van der Waals surface area contributed by atoms with Crippen molar-refractivity contribution >= 4 is 39.0 Å². The van der Waals surface area contributed by atoms with E-state index in [0.29, 0.717) is 17.5 Å². The first-order valence-electron chi connectivity index (χ1n) is 6.19. The molecule has 0 amide bonds. The van der Waals surface area contributed by atoms with Crippen LogP contribution in [0.4, 0.5) is 0 Å². The molecular weight excluding hydrogens is 312 g/mol. The van der Waals surface area contributed by atoms with Gasteiger partial charge < -0.3 is 5.73 Å². The highest BCUT2D eigenvalue weighted by molar-refractivity contribution is 7.98. The highest BCUT2D eigenvalue weighted by Crippen LogP contribution is 2.09. The first-order chi connectivity index (χ1) is 9.34. The molecule has 0 heterocycles. The van der Waals surface area contributed by atoms with Crippen molar-refractivity contribution in [3.63, 3.8) is 0 Å². The fraction of sp³-hybridized carbons (Fsp3) is 0.462. The summed E-state index contributed by atoms with van der Waals surface area (Å²) in [5.74, 6) is 1.22. The van der Waals surface area contributed by atoms with Gasteiger partial charge in [-0.2, -0.15) is 11.8 Å². The van der Waals surface area contributed by atoms with E-state index in [1.165, 1.54) is 0 Å². The topological polar surface area (TPSA) is 72.2 Å². The molecule has 0 saturated heterocycles. The highest BCUT2D eigenvalue weighted by Gasteiger charge is 2.13. The van der Waals surface area contributed by atoms with E-state index >= 15 is 0 Å². The van der Waals surface area contributed by atoms with Gasteiger partial charge in [-0.1, -0.05) is 43.4 Å². The van der Waals surface area contributed by atoms with Crippen LogP contribution >= 0.6 is 24.0 Å². The molecule has 0 aromatic heterocycles.